The normalized spacial score (nSPS) is 18.0. The number of hydrogen-bond donors (Lipinski definition) is 1. The number of anilines is 1. The summed E-state index contributed by atoms with van der Waals surface area (Å²) in [5, 5.41) is 2.34. The molecule has 1 heterocycles. The molecule has 0 spiro atoms. The summed E-state index contributed by atoms with van der Waals surface area (Å²) in [4.78, 5) is 12.6. The van der Waals surface area contributed by atoms with Crippen molar-refractivity contribution in [1.29, 1.82) is 0 Å². The summed E-state index contributed by atoms with van der Waals surface area (Å²) < 4.78 is 66.2. The standard InChI is InChI=1S/C22H25F3N2O3S/c23-22(24,25)19-12-4-5-13-20(19)26-21(28)18-11-6-14-27(16-18)31(29,30)15-7-10-17-8-2-1-3-9-17/h1-5,8-9,12-13,18H,6-7,10-11,14-16H2,(H,26,28)/t18-/m0/s1. The van der Waals surface area contributed by atoms with Gasteiger partial charge in [-0.3, -0.25) is 4.79 Å². The van der Waals surface area contributed by atoms with Gasteiger partial charge in [0.1, 0.15) is 0 Å². The van der Waals surface area contributed by atoms with Crippen LogP contribution < -0.4 is 5.32 Å². The van der Waals surface area contributed by atoms with Crippen LogP contribution in [0.4, 0.5) is 18.9 Å². The molecule has 0 aromatic heterocycles. The van der Waals surface area contributed by atoms with E-state index in [0.29, 0.717) is 32.2 Å². The van der Waals surface area contributed by atoms with Crippen LogP contribution in [0.5, 0.6) is 0 Å². The maximum atomic E-state index is 13.2. The Morgan fingerprint density at radius 1 is 1.06 bits per heavy atom. The van der Waals surface area contributed by atoms with Gasteiger partial charge in [-0.05, 0) is 43.4 Å². The first-order chi connectivity index (χ1) is 14.7. The molecule has 0 radical (unpaired) electrons. The summed E-state index contributed by atoms with van der Waals surface area (Å²) in [7, 11) is -3.55. The molecule has 1 fully saturated rings. The monoisotopic (exact) mass is 454 g/mol. The molecule has 1 aliphatic heterocycles. The van der Waals surface area contributed by atoms with E-state index in [-0.39, 0.29) is 18.0 Å². The largest absolute Gasteiger partial charge is 0.418 e. The van der Waals surface area contributed by atoms with E-state index in [1.54, 1.807) is 0 Å². The highest BCUT2D eigenvalue weighted by molar-refractivity contribution is 7.89. The zero-order valence-corrected chi connectivity index (χ0v) is 17.8. The molecule has 0 unspecified atom stereocenters. The third-order valence-electron chi connectivity index (χ3n) is 5.35. The molecule has 31 heavy (non-hydrogen) atoms. The maximum absolute atomic E-state index is 13.2. The number of aryl methyl sites for hydroxylation is 1. The Morgan fingerprint density at radius 2 is 1.74 bits per heavy atom. The van der Waals surface area contributed by atoms with Crippen LogP contribution in [0.1, 0.15) is 30.4 Å². The Balaban J connectivity index is 1.60. The summed E-state index contributed by atoms with van der Waals surface area (Å²) in [5.74, 6) is -1.33. The van der Waals surface area contributed by atoms with Crippen molar-refractivity contribution in [3.05, 3.63) is 65.7 Å². The lowest BCUT2D eigenvalue weighted by Gasteiger charge is -2.31. The molecule has 0 aliphatic carbocycles. The average molecular weight is 455 g/mol. The van der Waals surface area contributed by atoms with E-state index in [0.717, 1.165) is 11.6 Å². The fraction of sp³-hybridized carbons (Fsp3) is 0.409. The lowest BCUT2D eigenvalue weighted by atomic mass is 9.98. The molecule has 1 atom stereocenters. The second-order valence-electron chi connectivity index (χ2n) is 7.63. The van der Waals surface area contributed by atoms with E-state index in [2.05, 4.69) is 5.32 Å². The number of nitrogens with zero attached hydrogens (tertiary/aromatic N) is 1. The van der Waals surface area contributed by atoms with E-state index in [9.17, 15) is 26.4 Å². The zero-order valence-electron chi connectivity index (χ0n) is 16.9. The number of para-hydroxylation sites is 1. The van der Waals surface area contributed by atoms with Gasteiger partial charge in [0.15, 0.2) is 0 Å². The zero-order chi connectivity index (χ0) is 22.5. The second-order valence-corrected chi connectivity index (χ2v) is 9.72. The van der Waals surface area contributed by atoms with Gasteiger partial charge < -0.3 is 5.32 Å². The molecule has 1 amide bonds. The molecule has 2 aromatic carbocycles. The van der Waals surface area contributed by atoms with Crippen LogP contribution in [0.15, 0.2) is 54.6 Å². The van der Waals surface area contributed by atoms with Crippen molar-refractivity contribution < 1.29 is 26.4 Å². The Bertz CT molecular complexity index is 995. The van der Waals surface area contributed by atoms with Gasteiger partial charge in [0.25, 0.3) is 0 Å². The number of rotatable bonds is 7. The fourth-order valence-corrected chi connectivity index (χ4v) is 5.30. The molecule has 1 N–H and O–H groups in total. The number of hydrogen-bond acceptors (Lipinski definition) is 3. The van der Waals surface area contributed by atoms with E-state index < -0.39 is 33.6 Å². The first-order valence-corrected chi connectivity index (χ1v) is 11.8. The SMILES string of the molecule is O=C(Nc1ccccc1C(F)(F)F)[C@H]1CCCN(S(=O)(=O)CCCc2ccccc2)C1. The Labute approximate surface area is 180 Å². The van der Waals surface area contributed by atoms with Crippen molar-refractivity contribution in [3.63, 3.8) is 0 Å². The third kappa shape index (κ3) is 6.30. The van der Waals surface area contributed by atoms with Crippen LogP contribution in [0.25, 0.3) is 0 Å². The van der Waals surface area contributed by atoms with Crippen LogP contribution in [0.2, 0.25) is 0 Å². The molecular weight excluding hydrogens is 429 g/mol. The predicted octanol–water partition coefficient (Wildman–Crippen LogP) is 4.32. The van der Waals surface area contributed by atoms with E-state index >= 15 is 0 Å². The predicted molar refractivity (Wildman–Crippen MR) is 113 cm³/mol. The molecule has 0 bridgehead atoms. The van der Waals surface area contributed by atoms with Crippen molar-refractivity contribution in [2.24, 2.45) is 5.92 Å². The smallest absolute Gasteiger partial charge is 0.325 e. The molecule has 1 aliphatic rings. The minimum absolute atomic E-state index is 0.0202. The van der Waals surface area contributed by atoms with Crippen molar-refractivity contribution in [2.45, 2.75) is 31.9 Å². The Morgan fingerprint density at radius 3 is 2.45 bits per heavy atom. The van der Waals surface area contributed by atoms with Gasteiger partial charge in [-0.25, -0.2) is 12.7 Å². The van der Waals surface area contributed by atoms with Gasteiger partial charge in [0, 0.05) is 13.1 Å². The van der Waals surface area contributed by atoms with Crippen LogP contribution in [-0.4, -0.2) is 37.5 Å². The number of amides is 1. The summed E-state index contributed by atoms with van der Waals surface area (Å²) in [6, 6.07) is 14.3. The average Bonchev–Trinajstić information content (AvgIpc) is 2.74. The Hall–Kier alpha value is -2.39. The highest BCUT2D eigenvalue weighted by atomic mass is 32.2. The van der Waals surface area contributed by atoms with Gasteiger partial charge in [-0.15, -0.1) is 0 Å². The van der Waals surface area contributed by atoms with Gasteiger partial charge in [-0.1, -0.05) is 42.5 Å². The van der Waals surface area contributed by atoms with Crippen molar-refractivity contribution in [3.8, 4) is 0 Å². The molecule has 168 valence electrons. The molecule has 3 rings (SSSR count). The molecule has 2 aromatic rings. The van der Waals surface area contributed by atoms with Crippen LogP contribution in [0, 0.1) is 5.92 Å². The minimum Gasteiger partial charge on any atom is -0.325 e. The lowest BCUT2D eigenvalue weighted by molar-refractivity contribution is -0.137. The van der Waals surface area contributed by atoms with Gasteiger partial charge >= 0.3 is 6.18 Å². The number of halogens is 3. The summed E-state index contributed by atoms with van der Waals surface area (Å²) >= 11 is 0. The molecule has 5 nitrogen and oxygen atoms in total. The van der Waals surface area contributed by atoms with Crippen LogP contribution in [-0.2, 0) is 27.4 Å². The van der Waals surface area contributed by atoms with Gasteiger partial charge in [0.2, 0.25) is 15.9 Å². The fourth-order valence-electron chi connectivity index (χ4n) is 3.72. The van der Waals surface area contributed by atoms with Crippen molar-refractivity contribution in [2.75, 3.05) is 24.2 Å². The number of nitrogens with one attached hydrogen (secondary N) is 1. The van der Waals surface area contributed by atoms with E-state index in [4.69, 9.17) is 0 Å². The Kier molecular flexibility index (Phi) is 7.38. The number of alkyl halides is 3. The quantitative estimate of drug-likeness (QED) is 0.678. The topological polar surface area (TPSA) is 66.5 Å². The maximum Gasteiger partial charge on any atom is 0.418 e. The first-order valence-electron chi connectivity index (χ1n) is 10.2. The molecule has 1 saturated heterocycles. The molecule has 0 saturated carbocycles. The number of benzene rings is 2. The number of piperidine rings is 1. The minimum atomic E-state index is -4.59. The second kappa shape index (κ2) is 9.82. The summed E-state index contributed by atoms with van der Waals surface area (Å²) in [5.41, 5.74) is -0.190. The van der Waals surface area contributed by atoms with Crippen LogP contribution in [0.3, 0.4) is 0 Å². The van der Waals surface area contributed by atoms with Crippen molar-refractivity contribution in [1.82, 2.24) is 4.31 Å². The van der Waals surface area contributed by atoms with E-state index in [1.165, 1.54) is 22.5 Å². The molecule has 9 heteroatoms. The lowest BCUT2D eigenvalue weighted by Crippen LogP contribution is -2.44. The first kappa shape index (κ1) is 23.3. The number of carbonyl (C=O) groups excluding carboxylic acids is 1. The molecular formula is C22H25F3N2O3S. The van der Waals surface area contributed by atoms with Crippen molar-refractivity contribution >= 4 is 21.6 Å². The highest BCUT2D eigenvalue weighted by Gasteiger charge is 2.36. The third-order valence-corrected chi connectivity index (χ3v) is 7.27. The van der Waals surface area contributed by atoms with E-state index in [1.807, 2.05) is 30.3 Å². The number of sulfonamides is 1. The summed E-state index contributed by atoms with van der Waals surface area (Å²) in [6.07, 6.45) is -2.59. The highest BCUT2D eigenvalue weighted by Crippen LogP contribution is 2.35. The van der Waals surface area contributed by atoms with Gasteiger partial charge in [-0.2, -0.15) is 13.2 Å². The van der Waals surface area contributed by atoms with Gasteiger partial charge in [0.05, 0.1) is 22.9 Å². The van der Waals surface area contributed by atoms with Crippen LogP contribution >= 0.6 is 0 Å². The summed E-state index contributed by atoms with van der Waals surface area (Å²) in [6.45, 7) is 0.296. The number of carbonyl (C=O) groups is 1.